The van der Waals surface area contributed by atoms with Gasteiger partial charge in [-0.3, -0.25) is 0 Å². The van der Waals surface area contributed by atoms with E-state index in [4.69, 9.17) is 10.2 Å². The van der Waals surface area contributed by atoms with Crippen LogP contribution in [0.2, 0.25) is 0 Å². The van der Waals surface area contributed by atoms with E-state index in [1.54, 1.807) is 0 Å². The summed E-state index contributed by atoms with van der Waals surface area (Å²) in [5.74, 6) is 0.534. The molecule has 1 aromatic heterocycles. The van der Waals surface area contributed by atoms with Gasteiger partial charge in [0.25, 0.3) is 0 Å². The number of rotatable bonds is 4. The van der Waals surface area contributed by atoms with Gasteiger partial charge in [-0.15, -0.1) is 10.2 Å². The fraction of sp³-hybridized carbons (Fsp3) is 0.333. The number of nitrogens with two attached hydrogens (primary N) is 1. The van der Waals surface area contributed by atoms with E-state index in [1.807, 2.05) is 32.0 Å². The number of hydrogen-bond acceptors (Lipinski definition) is 5. The summed E-state index contributed by atoms with van der Waals surface area (Å²) in [6, 6.07) is 6.22. The lowest BCUT2D eigenvalue weighted by Gasteiger charge is -2.15. The Morgan fingerprint density at radius 3 is 2.88 bits per heavy atom. The Hall–Kier alpha value is -1.88. The number of nitrogens with one attached hydrogen (secondary N) is 1. The fourth-order valence-electron chi connectivity index (χ4n) is 1.58. The van der Waals surface area contributed by atoms with Crippen LogP contribution in [0.25, 0.3) is 11.5 Å². The molecule has 17 heavy (non-hydrogen) atoms. The Bertz CT molecular complexity index is 481. The standard InChI is InChI=1S/C12H16N4O/c1-8-5-10(12-16-14-7-17-12)3-4-11(8)15-9(2)6-13/h3-5,7,9,15H,6,13H2,1-2H3. The third-order valence-electron chi connectivity index (χ3n) is 2.59. The van der Waals surface area contributed by atoms with Crippen molar-refractivity contribution in [3.63, 3.8) is 0 Å². The average Bonchev–Trinajstić information content (AvgIpc) is 2.85. The van der Waals surface area contributed by atoms with Crippen molar-refractivity contribution in [3.8, 4) is 11.5 Å². The summed E-state index contributed by atoms with van der Waals surface area (Å²) in [5.41, 5.74) is 8.70. The van der Waals surface area contributed by atoms with Crippen LogP contribution in [-0.2, 0) is 0 Å². The molecule has 0 aliphatic heterocycles. The summed E-state index contributed by atoms with van der Waals surface area (Å²) in [6.45, 7) is 4.68. The van der Waals surface area contributed by atoms with Crippen molar-refractivity contribution < 1.29 is 4.42 Å². The summed E-state index contributed by atoms with van der Waals surface area (Å²) in [5, 5.41) is 10.9. The third-order valence-corrected chi connectivity index (χ3v) is 2.59. The van der Waals surface area contributed by atoms with Crippen LogP contribution in [0.15, 0.2) is 29.0 Å². The minimum atomic E-state index is 0.253. The first kappa shape index (κ1) is 11.6. The van der Waals surface area contributed by atoms with Crippen molar-refractivity contribution in [2.24, 2.45) is 5.73 Å². The highest BCUT2D eigenvalue weighted by Crippen LogP contribution is 2.23. The second-order valence-electron chi connectivity index (χ2n) is 4.05. The minimum Gasteiger partial charge on any atom is -0.423 e. The smallest absolute Gasteiger partial charge is 0.247 e. The number of benzene rings is 1. The van der Waals surface area contributed by atoms with E-state index in [0.717, 1.165) is 16.8 Å². The molecule has 2 rings (SSSR count). The maximum atomic E-state index is 5.58. The second-order valence-corrected chi connectivity index (χ2v) is 4.05. The van der Waals surface area contributed by atoms with E-state index < -0.39 is 0 Å². The van der Waals surface area contributed by atoms with Gasteiger partial charge in [-0.25, -0.2) is 0 Å². The van der Waals surface area contributed by atoms with Crippen LogP contribution in [0.5, 0.6) is 0 Å². The van der Waals surface area contributed by atoms with Gasteiger partial charge in [0.2, 0.25) is 12.3 Å². The predicted octanol–water partition coefficient (Wildman–Crippen LogP) is 1.80. The highest BCUT2D eigenvalue weighted by molar-refractivity contribution is 5.62. The van der Waals surface area contributed by atoms with Gasteiger partial charge in [-0.1, -0.05) is 0 Å². The van der Waals surface area contributed by atoms with Crippen LogP contribution in [0.1, 0.15) is 12.5 Å². The van der Waals surface area contributed by atoms with Crippen LogP contribution < -0.4 is 11.1 Å². The Balaban J connectivity index is 2.23. The van der Waals surface area contributed by atoms with Gasteiger partial charge < -0.3 is 15.5 Å². The minimum absolute atomic E-state index is 0.253. The molecule has 0 saturated carbocycles. The molecular formula is C12H16N4O. The van der Waals surface area contributed by atoms with Crippen molar-refractivity contribution in [2.75, 3.05) is 11.9 Å². The number of nitrogens with zero attached hydrogens (tertiary/aromatic N) is 2. The number of anilines is 1. The largest absolute Gasteiger partial charge is 0.423 e. The Morgan fingerprint density at radius 2 is 2.29 bits per heavy atom. The molecule has 0 amide bonds. The molecule has 5 heteroatoms. The highest BCUT2D eigenvalue weighted by atomic mass is 16.4. The van der Waals surface area contributed by atoms with Crippen LogP contribution in [-0.4, -0.2) is 22.8 Å². The lowest BCUT2D eigenvalue weighted by Crippen LogP contribution is -2.25. The number of aromatic nitrogens is 2. The van der Waals surface area contributed by atoms with E-state index in [-0.39, 0.29) is 6.04 Å². The first-order chi connectivity index (χ1) is 8.20. The third kappa shape index (κ3) is 2.62. The van der Waals surface area contributed by atoms with Gasteiger partial charge in [-0.05, 0) is 37.6 Å². The van der Waals surface area contributed by atoms with E-state index in [9.17, 15) is 0 Å². The Labute approximate surface area is 100 Å². The molecule has 5 nitrogen and oxygen atoms in total. The SMILES string of the molecule is Cc1cc(-c2nnco2)ccc1NC(C)CN. The lowest BCUT2D eigenvalue weighted by atomic mass is 10.1. The van der Waals surface area contributed by atoms with Crippen molar-refractivity contribution in [2.45, 2.75) is 19.9 Å². The van der Waals surface area contributed by atoms with Gasteiger partial charge >= 0.3 is 0 Å². The summed E-state index contributed by atoms with van der Waals surface area (Å²) in [6.07, 6.45) is 1.33. The molecule has 1 unspecified atom stereocenters. The highest BCUT2D eigenvalue weighted by Gasteiger charge is 2.07. The quantitative estimate of drug-likeness (QED) is 0.840. The summed E-state index contributed by atoms with van der Waals surface area (Å²) in [4.78, 5) is 0. The summed E-state index contributed by atoms with van der Waals surface area (Å²) >= 11 is 0. The monoisotopic (exact) mass is 232 g/mol. The first-order valence-electron chi connectivity index (χ1n) is 5.54. The molecule has 90 valence electrons. The van der Waals surface area contributed by atoms with E-state index in [1.165, 1.54) is 6.39 Å². The summed E-state index contributed by atoms with van der Waals surface area (Å²) < 4.78 is 5.15. The van der Waals surface area contributed by atoms with Crippen molar-refractivity contribution >= 4 is 5.69 Å². The van der Waals surface area contributed by atoms with Gasteiger partial charge in [0, 0.05) is 23.8 Å². The van der Waals surface area contributed by atoms with Crippen LogP contribution in [0.4, 0.5) is 5.69 Å². The van der Waals surface area contributed by atoms with Crippen LogP contribution in [0.3, 0.4) is 0 Å². The maximum absolute atomic E-state index is 5.58. The molecule has 1 aromatic carbocycles. The molecule has 0 radical (unpaired) electrons. The Morgan fingerprint density at radius 1 is 1.47 bits per heavy atom. The topological polar surface area (TPSA) is 77.0 Å². The molecule has 0 fully saturated rings. The van der Waals surface area contributed by atoms with Gasteiger partial charge in [-0.2, -0.15) is 0 Å². The van der Waals surface area contributed by atoms with E-state index in [2.05, 4.69) is 15.5 Å². The van der Waals surface area contributed by atoms with Crippen molar-refractivity contribution in [1.82, 2.24) is 10.2 Å². The first-order valence-corrected chi connectivity index (χ1v) is 5.54. The average molecular weight is 232 g/mol. The van der Waals surface area contributed by atoms with Crippen LogP contribution >= 0.6 is 0 Å². The molecule has 0 saturated heterocycles. The molecule has 2 aromatic rings. The zero-order valence-electron chi connectivity index (χ0n) is 9.97. The molecule has 3 N–H and O–H groups in total. The zero-order chi connectivity index (χ0) is 12.3. The van der Waals surface area contributed by atoms with Crippen LogP contribution in [0, 0.1) is 6.92 Å². The molecule has 0 aliphatic rings. The van der Waals surface area contributed by atoms with Crippen molar-refractivity contribution in [1.29, 1.82) is 0 Å². The number of hydrogen-bond donors (Lipinski definition) is 2. The summed E-state index contributed by atoms with van der Waals surface area (Å²) in [7, 11) is 0. The molecule has 0 aliphatic carbocycles. The van der Waals surface area contributed by atoms with Gasteiger partial charge in [0.1, 0.15) is 0 Å². The predicted molar refractivity (Wildman–Crippen MR) is 66.6 cm³/mol. The second kappa shape index (κ2) is 4.97. The number of aryl methyl sites for hydroxylation is 1. The lowest BCUT2D eigenvalue weighted by molar-refractivity contribution is 0.568. The molecular weight excluding hydrogens is 216 g/mol. The Kier molecular flexibility index (Phi) is 3.39. The zero-order valence-corrected chi connectivity index (χ0v) is 9.97. The normalized spacial score (nSPS) is 12.4. The van der Waals surface area contributed by atoms with E-state index >= 15 is 0 Å². The molecule has 1 atom stereocenters. The fourth-order valence-corrected chi connectivity index (χ4v) is 1.58. The van der Waals surface area contributed by atoms with Crippen molar-refractivity contribution in [3.05, 3.63) is 30.2 Å². The van der Waals surface area contributed by atoms with Gasteiger partial charge in [0.15, 0.2) is 0 Å². The molecule has 1 heterocycles. The maximum Gasteiger partial charge on any atom is 0.247 e. The molecule has 0 bridgehead atoms. The van der Waals surface area contributed by atoms with Gasteiger partial charge in [0.05, 0.1) is 0 Å². The molecule has 0 spiro atoms. The van der Waals surface area contributed by atoms with E-state index in [0.29, 0.717) is 12.4 Å².